The predicted molar refractivity (Wildman–Crippen MR) is 80.9 cm³/mol. The van der Waals surface area contributed by atoms with Crippen LogP contribution in [0.1, 0.15) is 36.2 Å². The van der Waals surface area contributed by atoms with Crippen LogP contribution >= 0.6 is 0 Å². The molecule has 2 rings (SSSR count). The van der Waals surface area contributed by atoms with E-state index >= 15 is 0 Å². The minimum Gasteiger partial charge on any atom is -0.493 e. The highest BCUT2D eigenvalue weighted by Gasteiger charge is 2.17. The third-order valence-corrected chi connectivity index (χ3v) is 3.58. The van der Waals surface area contributed by atoms with Crippen LogP contribution in [0.4, 0.5) is 0 Å². The van der Waals surface area contributed by atoms with E-state index in [0.717, 1.165) is 30.8 Å². The van der Waals surface area contributed by atoms with Gasteiger partial charge in [-0.15, -0.1) is 0 Å². The quantitative estimate of drug-likeness (QED) is 0.880. The van der Waals surface area contributed by atoms with Crippen LogP contribution in [0.2, 0.25) is 0 Å². The van der Waals surface area contributed by atoms with Crippen molar-refractivity contribution in [1.82, 2.24) is 9.78 Å². The van der Waals surface area contributed by atoms with Crippen molar-refractivity contribution in [3.8, 4) is 5.75 Å². The van der Waals surface area contributed by atoms with E-state index in [9.17, 15) is 0 Å². The molecule has 1 atom stereocenters. The van der Waals surface area contributed by atoms with Gasteiger partial charge in [0.05, 0.1) is 25.0 Å². The molecule has 0 aliphatic rings. The lowest BCUT2D eigenvalue weighted by Crippen LogP contribution is -2.17. The van der Waals surface area contributed by atoms with E-state index in [1.54, 1.807) is 13.3 Å². The van der Waals surface area contributed by atoms with Gasteiger partial charge < -0.3 is 10.5 Å². The van der Waals surface area contributed by atoms with Crippen molar-refractivity contribution >= 4 is 0 Å². The molecule has 1 heterocycles. The summed E-state index contributed by atoms with van der Waals surface area (Å²) in [4.78, 5) is 0. The molecule has 20 heavy (non-hydrogen) atoms. The van der Waals surface area contributed by atoms with E-state index in [0.29, 0.717) is 0 Å². The highest BCUT2D eigenvalue weighted by molar-refractivity contribution is 5.28. The second-order valence-corrected chi connectivity index (χ2v) is 5.04. The summed E-state index contributed by atoms with van der Waals surface area (Å²) in [7, 11) is 1.66. The highest BCUT2D eigenvalue weighted by Crippen LogP contribution is 2.26. The monoisotopic (exact) mass is 273 g/mol. The second kappa shape index (κ2) is 6.57. The van der Waals surface area contributed by atoms with Crippen LogP contribution < -0.4 is 10.5 Å². The Hall–Kier alpha value is -1.81. The first-order chi connectivity index (χ1) is 9.65. The lowest BCUT2D eigenvalue weighted by molar-refractivity contribution is 0.399. The van der Waals surface area contributed by atoms with Gasteiger partial charge in [-0.2, -0.15) is 5.10 Å². The molecule has 0 aliphatic heterocycles. The molecule has 4 heteroatoms. The average molecular weight is 273 g/mol. The first-order valence-corrected chi connectivity index (χ1v) is 7.06. The Labute approximate surface area is 120 Å². The first-order valence-electron chi connectivity index (χ1n) is 7.06. The molecule has 1 unspecified atom stereocenters. The van der Waals surface area contributed by atoms with E-state index in [2.05, 4.69) is 43.2 Å². The Bertz CT molecular complexity index is 524. The number of hydrogen-bond donors (Lipinski definition) is 1. The number of hydrogen-bond acceptors (Lipinski definition) is 3. The van der Waals surface area contributed by atoms with Crippen molar-refractivity contribution in [2.75, 3.05) is 7.11 Å². The van der Waals surface area contributed by atoms with Crippen molar-refractivity contribution in [2.24, 2.45) is 5.73 Å². The summed E-state index contributed by atoms with van der Waals surface area (Å²) in [6, 6.07) is 8.54. The van der Waals surface area contributed by atoms with Crippen molar-refractivity contribution in [2.45, 2.75) is 39.3 Å². The SMILES string of the molecule is CCn1ncc(OC)c1C(N)CCc1ccc(C)cc1. The molecule has 4 nitrogen and oxygen atoms in total. The zero-order valence-corrected chi connectivity index (χ0v) is 12.5. The van der Waals surface area contributed by atoms with Crippen LogP contribution in [0.5, 0.6) is 5.75 Å². The Morgan fingerprint density at radius 3 is 2.60 bits per heavy atom. The van der Waals surface area contributed by atoms with Gasteiger partial charge >= 0.3 is 0 Å². The fourth-order valence-corrected chi connectivity index (χ4v) is 2.37. The van der Waals surface area contributed by atoms with Crippen molar-refractivity contribution in [1.29, 1.82) is 0 Å². The third kappa shape index (κ3) is 3.20. The summed E-state index contributed by atoms with van der Waals surface area (Å²) in [6.45, 7) is 4.96. The summed E-state index contributed by atoms with van der Waals surface area (Å²) >= 11 is 0. The van der Waals surface area contributed by atoms with E-state index in [1.807, 2.05) is 4.68 Å². The van der Waals surface area contributed by atoms with Crippen molar-refractivity contribution in [3.05, 3.63) is 47.3 Å². The van der Waals surface area contributed by atoms with E-state index in [1.165, 1.54) is 11.1 Å². The maximum atomic E-state index is 6.33. The standard InChI is InChI=1S/C16H23N3O/c1-4-19-16(15(20-3)11-18-19)14(17)10-9-13-7-5-12(2)6-8-13/h5-8,11,14H,4,9-10,17H2,1-3H3. The maximum absolute atomic E-state index is 6.33. The lowest BCUT2D eigenvalue weighted by atomic mass is 10.0. The van der Waals surface area contributed by atoms with Crippen LogP contribution in [-0.4, -0.2) is 16.9 Å². The number of nitrogens with two attached hydrogens (primary N) is 1. The minimum atomic E-state index is -0.0614. The molecular formula is C16H23N3O. The van der Waals surface area contributed by atoms with Crippen molar-refractivity contribution in [3.63, 3.8) is 0 Å². The summed E-state index contributed by atoms with van der Waals surface area (Å²) < 4.78 is 7.27. The zero-order chi connectivity index (χ0) is 14.5. The third-order valence-electron chi connectivity index (χ3n) is 3.58. The normalized spacial score (nSPS) is 12.4. The molecule has 0 saturated carbocycles. The summed E-state index contributed by atoms with van der Waals surface area (Å²) in [5, 5.41) is 4.30. The smallest absolute Gasteiger partial charge is 0.161 e. The molecule has 1 aromatic carbocycles. The van der Waals surface area contributed by atoms with Crippen LogP contribution in [0.3, 0.4) is 0 Å². The fraction of sp³-hybridized carbons (Fsp3) is 0.438. The minimum absolute atomic E-state index is 0.0614. The molecule has 0 radical (unpaired) electrons. The molecule has 1 aromatic heterocycles. The van der Waals surface area contributed by atoms with Gasteiger partial charge in [0, 0.05) is 6.54 Å². The van der Waals surface area contributed by atoms with E-state index < -0.39 is 0 Å². The predicted octanol–water partition coefficient (Wildman–Crippen LogP) is 2.85. The van der Waals surface area contributed by atoms with Gasteiger partial charge in [-0.05, 0) is 32.3 Å². The Kier molecular flexibility index (Phi) is 4.79. The largest absolute Gasteiger partial charge is 0.493 e. The molecule has 2 N–H and O–H groups in total. The highest BCUT2D eigenvalue weighted by atomic mass is 16.5. The number of aryl methyl sites for hydroxylation is 3. The molecule has 0 amide bonds. The number of ether oxygens (including phenoxy) is 1. The van der Waals surface area contributed by atoms with Gasteiger partial charge in [-0.3, -0.25) is 4.68 Å². The number of methoxy groups -OCH3 is 1. The Morgan fingerprint density at radius 1 is 1.30 bits per heavy atom. The topological polar surface area (TPSA) is 53.1 Å². The number of aromatic nitrogens is 2. The summed E-state index contributed by atoms with van der Waals surface area (Å²) in [5.41, 5.74) is 9.91. The van der Waals surface area contributed by atoms with Gasteiger partial charge in [0.15, 0.2) is 5.75 Å². The van der Waals surface area contributed by atoms with Crippen LogP contribution in [0.25, 0.3) is 0 Å². The first kappa shape index (κ1) is 14.6. The van der Waals surface area contributed by atoms with Gasteiger partial charge in [-0.1, -0.05) is 29.8 Å². The van der Waals surface area contributed by atoms with Crippen LogP contribution in [0, 0.1) is 6.92 Å². The molecule has 0 fully saturated rings. The van der Waals surface area contributed by atoms with Gasteiger partial charge in [0.2, 0.25) is 0 Å². The molecule has 0 saturated heterocycles. The van der Waals surface area contributed by atoms with Gasteiger partial charge in [0.25, 0.3) is 0 Å². The van der Waals surface area contributed by atoms with Crippen LogP contribution in [0.15, 0.2) is 30.5 Å². The Balaban J connectivity index is 2.06. The van der Waals surface area contributed by atoms with Gasteiger partial charge in [0.1, 0.15) is 0 Å². The molecule has 0 aliphatic carbocycles. The fourth-order valence-electron chi connectivity index (χ4n) is 2.37. The molecule has 0 bridgehead atoms. The molecular weight excluding hydrogens is 250 g/mol. The van der Waals surface area contributed by atoms with E-state index in [4.69, 9.17) is 10.5 Å². The zero-order valence-electron chi connectivity index (χ0n) is 12.5. The van der Waals surface area contributed by atoms with Gasteiger partial charge in [-0.25, -0.2) is 0 Å². The average Bonchev–Trinajstić information content (AvgIpc) is 2.89. The number of rotatable bonds is 6. The Morgan fingerprint density at radius 2 is 2.00 bits per heavy atom. The summed E-state index contributed by atoms with van der Waals surface area (Å²) in [5.74, 6) is 0.781. The number of nitrogens with zero attached hydrogens (tertiary/aromatic N) is 2. The van der Waals surface area contributed by atoms with Crippen molar-refractivity contribution < 1.29 is 4.74 Å². The summed E-state index contributed by atoms with van der Waals surface area (Å²) in [6.07, 6.45) is 3.58. The molecule has 2 aromatic rings. The van der Waals surface area contributed by atoms with E-state index in [-0.39, 0.29) is 6.04 Å². The molecule has 0 spiro atoms. The van der Waals surface area contributed by atoms with Crippen LogP contribution in [-0.2, 0) is 13.0 Å². The lowest BCUT2D eigenvalue weighted by Gasteiger charge is -2.15. The molecule has 108 valence electrons. The maximum Gasteiger partial charge on any atom is 0.161 e. The number of benzene rings is 1. The second-order valence-electron chi connectivity index (χ2n) is 5.04.